The summed E-state index contributed by atoms with van der Waals surface area (Å²) >= 11 is 0. The maximum Gasteiger partial charge on any atom is 0.0530 e. The Balaban J connectivity index is 2.54. The highest BCUT2D eigenvalue weighted by atomic mass is 16.5. The van der Waals surface area contributed by atoms with Gasteiger partial charge in [-0.2, -0.15) is 0 Å². The molecule has 84 valence electrons. The van der Waals surface area contributed by atoms with Gasteiger partial charge in [0.25, 0.3) is 0 Å². The van der Waals surface area contributed by atoms with Crippen LogP contribution >= 0.6 is 0 Å². The van der Waals surface area contributed by atoms with E-state index in [1.165, 1.54) is 32.1 Å². The van der Waals surface area contributed by atoms with Crippen molar-refractivity contribution in [3.05, 3.63) is 0 Å². The molecule has 0 aromatic heterocycles. The Morgan fingerprint density at radius 3 is 2.43 bits per heavy atom. The average Bonchev–Trinajstić information content (AvgIpc) is 2.20. The van der Waals surface area contributed by atoms with Gasteiger partial charge in [0.1, 0.15) is 0 Å². The van der Waals surface area contributed by atoms with Crippen LogP contribution in [0.3, 0.4) is 0 Å². The Bertz CT molecular complexity index is 146. The van der Waals surface area contributed by atoms with Crippen molar-refractivity contribution in [2.24, 2.45) is 11.3 Å². The lowest BCUT2D eigenvalue weighted by atomic mass is 9.70. The molecule has 0 bridgehead atoms. The van der Waals surface area contributed by atoms with Gasteiger partial charge in [-0.25, -0.2) is 0 Å². The van der Waals surface area contributed by atoms with Crippen molar-refractivity contribution in [2.45, 2.75) is 39.0 Å². The normalized spacial score (nSPS) is 23.4. The van der Waals surface area contributed by atoms with E-state index in [9.17, 15) is 0 Å². The molecule has 0 amide bonds. The molecule has 1 unspecified atom stereocenters. The van der Waals surface area contributed by atoms with Gasteiger partial charge in [0.15, 0.2) is 0 Å². The Labute approximate surface area is 88.4 Å². The molecule has 1 fully saturated rings. The minimum Gasteiger partial charge on any atom is -0.384 e. The fourth-order valence-electron chi connectivity index (χ4n) is 2.85. The number of nitrogens with one attached hydrogen (secondary N) is 1. The number of ether oxygens (including phenoxy) is 1. The molecule has 2 nitrogen and oxygen atoms in total. The first kappa shape index (κ1) is 12.0. The molecule has 14 heavy (non-hydrogen) atoms. The van der Waals surface area contributed by atoms with Gasteiger partial charge < -0.3 is 10.1 Å². The predicted octanol–water partition coefficient (Wildman–Crippen LogP) is 2.44. The fraction of sp³-hybridized carbons (Fsp3) is 1.00. The smallest absolute Gasteiger partial charge is 0.0530 e. The number of hydrogen-bond acceptors (Lipinski definition) is 2. The quantitative estimate of drug-likeness (QED) is 0.734. The summed E-state index contributed by atoms with van der Waals surface area (Å²) in [4.78, 5) is 0. The van der Waals surface area contributed by atoms with Crippen LogP contribution in [0.15, 0.2) is 0 Å². The SMILES string of the molecule is CNCC(C)(COC)C1CCCCC1. The third-order valence-corrected chi connectivity index (χ3v) is 3.65. The van der Waals surface area contributed by atoms with E-state index in [2.05, 4.69) is 12.2 Å². The Morgan fingerprint density at radius 2 is 1.93 bits per heavy atom. The van der Waals surface area contributed by atoms with Crippen LogP contribution in [-0.2, 0) is 4.74 Å². The van der Waals surface area contributed by atoms with Crippen LogP contribution < -0.4 is 5.32 Å². The van der Waals surface area contributed by atoms with Crippen LogP contribution in [0, 0.1) is 11.3 Å². The van der Waals surface area contributed by atoms with Gasteiger partial charge in [-0.3, -0.25) is 0 Å². The van der Waals surface area contributed by atoms with Crippen LogP contribution in [-0.4, -0.2) is 27.3 Å². The third-order valence-electron chi connectivity index (χ3n) is 3.65. The molecule has 1 rings (SSSR count). The van der Waals surface area contributed by atoms with Crippen LogP contribution in [0.5, 0.6) is 0 Å². The first-order valence-electron chi connectivity index (χ1n) is 5.86. The van der Waals surface area contributed by atoms with Gasteiger partial charge in [0.2, 0.25) is 0 Å². The monoisotopic (exact) mass is 199 g/mol. The van der Waals surface area contributed by atoms with Crippen LogP contribution in [0.4, 0.5) is 0 Å². The van der Waals surface area contributed by atoms with E-state index < -0.39 is 0 Å². The highest BCUT2D eigenvalue weighted by Gasteiger charge is 2.34. The summed E-state index contributed by atoms with van der Waals surface area (Å²) < 4.78 is 5.37. The van der Waals surface area contributed by atoms with Gasteiger partial charge in [-0.1, -0.05) is 26.2 Å². The van der Waals surface area contributed by atoms with E-state index in [0.29, 0.717) is 5.41 Å². The molecule has 0 heterocycles. The van der Waals surface area contributed by atoms with Crippen molar-refractivity contribution < 1.29 is 4.74 Å². The highest BCUT2D eigenvalue weighted by Crippen LogP contribution is 2.38. The topological polar surface area (TPSA) is 21.3 Å². The van der Waals surface area contributed by atoms with Crippen LogP contribution in [0.1, 0.15) is 39.0 Å². The zero-order valence-electron chi connectivity index (χ0n) is 9.94. The Morgan fingerprint density at radius 1 is 1.29 bits per heavy atom. The Kier molecular flexibility index (Phi) is 4.90. The van der Waals surface area contributed by atoms with Gasteiger partial charge in [-0.05, 0) is 25.8 Å². The lowest BCUT2D eigenvalue weighted by Crippen LogP contribution is -2.41. The zero-order chi connectivity index (χ0) is 10.4. The second kappa shape index (κ2) is 5.72. The zero-order valence-corrected chi connectivity index (χ0v) is 9.94. The average molecular weight is 199 g/mol. The first-order chi connectivity index (χ1) is 6.73. The molecule has 0 radical (unpaired) electrons. The lowest BCUT2D eigenvalue weighted by molar-refractivity contribution is 0.0307. The summed E-state index contributed by atoms with van der Waals surface area (Å²) in [5.74, 6) is 0.851. The van der Waals surface area contributed by atoms with Gasteiger partial charge in [0.05, 0.1) is 6.61 Å². The molecule has 0 saturated heterocycles. The van der Waals surface area contributed by atoms with Crippen molar-refractivity contribution in [1.82, 2.24) is 5.32 Å². The molecular weight excluding hydrogens is 174 g/mol. The minimum absolute atomic E-state index is 0.337. The van der Waals surface area contributed by atoms with Crippen molar-refractivity contribution in [1.29, 1.82) is 0 Å². The largest absolute Gasteiger partial charge is 0.384 e. The van der Waals surface area contributed by atoms with Crippen molar-refractivity contribution >= 4 is 0 Å². The van der Waals surface area contributed by atoms with E-state index in [0.717, 1.165) is 19.1 Å². The lowest BCUT2D eigenvalue weighted by Gasteiger charge is -2.39. The highest BCUT2D eigenvalue weighted by molar-refractivity contribution is 4.85. The summed E-state index contributed by atoms with van der Waals surface area (Å²) in [6.07, 6.45) is 7.03. The molecule has 0 aromatic rings. The van der Waals surface area contributed by atoms with E-state index in [-0.39, 0.29) is 0 Å². The number of hydrogen-bond donors (Lipinski definition) is 1. The van der Waals surface area contributed by atoms with E-state index in [1.54, 1.807) is 0 Å². The summed E-state index contributed by atoms with van der Waals surface area (Å²) in [5.41, 5.74) is 0.337. The van der Waals surface area contributed by atoms with E-state index in [4.69, 9.17) is 4.74 Å². The maximum atomic E-state index is 5.37. The third kappa shape index (κ3) is 2.96. The van der Waals surface area contributed by atoms with Gasteiger partial charge >= 0.3 is 0 Å². The van der Waals surface area contributed by atoms with Crippen molar-refractivity contribution in [3.63, 3.8) is 0 Å². The molecular formula is C12H25NO. The standard InChI is InChI=1S/C12H25NO/c1-12(9-13-2,10-14-3)11-7-5-4-6-8-11/h11,13H,4-10H2,1-3H3. The predicted molar refractivity (Wildman–Crippen MR) is 60.5 cm³/mol. The van der Waals surface area contributed by atoms with E-state index in [1.807, 2.05) is 14.2 Å². The molecule has 1 atom stereocenters. The van der Waals surface area contributed by atoms with Crippen molar-refractivity contribution in [3.8, 4) is 0 Å². The number of methoxy groups -OCH3 is 1. The molecule has 2 heteroatoms. The molecule has 0 aliphatic heterocycles. The second-order valence-electron chi connectivity index (χ2n) is 4.95. The molecule has 1 N–H and O–H groups in total. The summed E-state index contributed by atoms with van der Waals surface area (Å²) in [6.45, 7) is 4.33. The molecule has 0 spiro atoms. The maximum absolute atomic E-state index is 5.37. The second-order valence-corrected chi connectivity index (χ2v) is 4.95. The molecule has 1 aliphatic carbocycles. The van der Waals surface area contributed by atoms with Crippen molar-refractivity contribution in [2.75, 3.05) is 27.3 Å². The molecule has 1 aliphatic rings. The molecule has 1 saturated carbocycles. The Hall–Kier alpha value is -0.0800. The van der Waals surface area contributed by atoms with Crippen LogP contribution in [0.25, 0.3) is 0 Å². The van der Waals surface area contributed by atoms with Gasteiger partial charge in [-0.15, -0.1) is 0 Å². The first-order valence-corrected chi connectivity index (χ1v) is 5.86. The number of rotatable bonds is 5. The minimum atomic E-state index is 0.337. The summed E-state index contributed by atoms with van der Waals surface area (Å²) in [7, 11) is 3.85. The van der Waals surface area contributed by atoms with E-state index >= 15 is 0 Å². The van der Waals surface area contributed by atoms with Crippen LogP contribution in [0.2, 0.25) is 0 Å². The summed E-state index contributed by atoms with van der Waals surface area (Å²) in [5, 5.41) is 3.31. The summed E-state index contributed by atoms with van der Waals surface area (Å²) in [6, 6.07) is 0. The molecule has 0 aromatic carbocycles. The van der Waals surface area contributed by atoms with Gasteiger partial charge in [0, 0.05) is 19.1 Å². The fourth-order valence-corrected chi connectivity index (χ4v) is 2.85.